The number of carbonyl (C=O) groups excluding carboxylic acids is 1. The number of nitrogens with zero attached hydrogens (tertiary/aromatic N) is 1. The molecule has 0 spiro atoms. The van der Waals surface area contributed by atoms with Gasteiger partial charge in [0.05, 0.1) is 5.69 Å². The lowest BCUT2D eigenvalue weighted by atomic mass is 9.95. The molecule has 1 heterocycles. The van der Waals surface area contributed by atoms with Crippen LogP contribution in [0.5, 0.6) is 0 Å². The van der Waals surface area contributed by atoms with E-state index in [1.165, 1.54) is 6.42 Å². The van der Waals surface area contributed by atoms with E-state index >= 15 is 0 Å². The van der Waals surface area contributed by atoms with Gasteiger partial charge in [0.25, 0.3) is 0 Å². The molecule has 0 saturated heterocycles. The van der Waals surface area contributed by atoms with Gasteiger partial charge in [-0.3, -0.25) is 4.79 Å². The van der Waals surface area contributed by atoms with Crippen molar-refractivity contribution in [3.63, 3.8) is 0 Å². The van der Waals surface area contributed by atoms with Gasteiger partial charge in [0.2, 0.25) is 5.91 Å². The number of aromatic nitrogens is 1. The fraction of sp³-hybridized carbons (Fsp3) is 0.750. The minimum absolute atomic E-state index is 0.0559. The maximum Gasteiger partial charge on any atom is 0.220 e. The fourth-order valence-electron chi connectivity index (χ4n) is 3.17. The molecule has 1 aliphatic carbocycles. The van der Waals surface area contributed by atoms with Gasteiger partial charge >= 0.3 is 0 Å². The van der Waals surface area contributed by atoms with E-state index in [2.05, 4.69) is 10.5 Å². The summed E-state index contributed by atoms with van der Waals surface area (Å²) in [5.74, 6) is 1.05. The second-order valence-corrected chi connectivity index (χ2v) is 6.06. The molecule has 1 aliphatic rings. The van der Waals surface area contributed by atoms with Crippen LogP contribution in [0.2, 0.25) is 0 Å². The summed E-state index contributed by atoms with van der Waals surface area (Å²) in [5.41, 5.74) is 1.90. The van der Waals surface area contributed by atoms with Crippen molar-refractivity contribution < 1.29 is 14.4 Å². The summed E-state index contributed by atoms with van der Waals surface area (Å²) in [6, 6.07) is 0.120. The average Bonchev–Trinajstić information content (AvgIpc) is 2.66. The lowest BCUT2D eigenvalue weighted by molar-refractivity contribution is -0.122. The maximum atomic E-state index is 12.2. The summed E-state index contributed by atoms with van der Waals surface area (Å²) in [5, 5.41) is 16.5. The van der Waals surface area contributed by atoms with Crippen molar-refractivity contribution in [2.75, 3.05) is 6.61 Å². The van der Waals surface area contributed by atoms with E-state index in [4.69, 9.17) is 4.52 Å². The first-order valence-electron chi connectivity index (χ1n) is 7.93. The highest BCUT2D eigenvalue weighted by Crippen LogP contribution is 2.23. The van der Waals surface area contributed by atoms with E-state index in [-0.39, 0.29) is 24.5 Å². The number of nitrogens with one attached hydrogen (secondary N) is 1. The van der Waals surface area contributed by atoms with Gasteiger partial charge in [-0.2, -0.15) is 0 Å². The van der Waals surface area contributed by atoms with Gasteiger partial charge < -0.3 is 14.9 Å². The smallest absolute Gasteiger partial charge is 0.220 e. The van der Waals surface area contributed by atoms with Crippen LogP contribution in [0.4, 0.5) is 0 Å². The zero-order valence-corrected chi connectivity index (χ0v) is 13.0. The minimum atomic E-state index is 0.0559. The Labute approximate surface area is 126 Å². The van der Waals surface area contributed by atoms with Gasteiger partial charge in [0.15, 0.2) is 0 Å². The van der Waals surface area contributed by atoms with E-state index < -0.39 is 0 Å². The Morgan fingerprint density at radius 2 is 2.10 bits per heavy atom. The summed E-state index contributed by atoms with van der Waals surface area (Å²) in [7, 11) is 0. The number of rotatable bonds is 5. The van der Waals surface area contributed by atoms with Crippen molar-refractivity contribution in [1.29, 1.82) is 0 Å². The van der Waals surface area contributed by atoms with Gasteiger partial charge in [0.1, 0.15) is 5.76 Å². The molecule has 2 unspecified atom stereocenters. The number of aryl methyl sites for hydroxylation is 2. The Hall–Kier alpha value is -1.36. The summed E-state index contributed by atoms with van der Waals surface area (Å²) >= 11 is 0. The van der Waals surface area contributed by atoms with Crippen LogP contribution in [-0.2, 0) is 11.2 Å². The van der Waals surface area contributed by atoms with Crippen LogP contribution in [0.1, 0.15) is 55.5 Å². The molecule has 0 aromatic carbocycles. The van der Waals surface area contributed by atoms with Crippen LogP contribution in [0.25, 0.3) is 0 Å². The van der Waals surface area contributed by atoms with Crippen molar-refractivity contribution in [2.24, 2.45) is 5.92 Å². The zero-order chi connectivity index (χ0) is 15.2. The van der Waals surface area contributed by atoms with E-state index in [1.54, 1.807) is 0 Å². The molecular formula is C16H26N2O3. The normalized spacial score (nSPS) is 22.8. The molecule has 1 fully saturated rings. The molecule has 1 saturated carbocycles. The van der Waals surface area contributed by atoms with Crippen molar-refractivity contribution in [1.82, 2.24) is 10.5 Å². The fourth-order valence-corrected chi connectivity index (χ4v) is 3.17. The highest BCUT2D eigenvalue weighted by molar-refractivity contribution is 5.76. The number of hydrogen-bond donors (Lipinski definition) is 2. The monoisotopic (exact) mass is 294 g/mol. The first-order valence-corrected chi connectivity index (χ1v) is 7.93. The molecule has 118 valence electrons. The third kappa shape index (κ3) is 4.30. The number of carbonyl (C=O) groups is 1. The van der Waals surface area contributed by atoms with Crippen LogP contribution in [0, 0.1) is 19.8 Å². The summed E-state index contributed by atoms with van der Waals surface area (Å²) < 4.78 is 5.11. The molecule has 0 radical (unpaired) electrons. The molecule has 1 aromatic heterocycles. The minimum Gasteiger partial charge on any atom is -0.396 e. The van der Waals surface area contributed by atoms with Crippen LogP contribution in [-0.4, -0.2) is 28.8 Å². The Bertz CT molecular complexity index is 451. The van der Waals surface area contributed by atoms with Crippen LogP contribution in [0.3, 0.4) is 0 Å². The Balaban J connectivity index is 1.85. The highest BCUT2D eigenvalue weighted by Gasteiger charge is 2.24. The number of amides is 1. The molecule has 1 amide bonds. The third-order valence-electron chi connectivity index (χ3n) is 4.52. The lowest BCUT2D eigenvalue weighted by Gasteiger charge is -2.24. The molecule has 2 N–H and O–H groups in total. The van der Waals surface area contributed by atoms with Gasteiger partial charge in [-0.1, -0.05) is 24.4 Å². The lowest BCUT2D eigenvalue weighted by Crippen LogP contribution is -2.41. The van der Waals surface area contributed by atoms with Gasteiger partial charge in [-0.25, -0.2) is 0 Å². The van der Waals surface area contributed by atoms with Gasteiger partial charge in [0, 0.05) is 30.6 Å². The van der Waals surface area contributed by atoms with Gasteiger partial charge in [-0.05, 0) is 33.1 Å². The van der Waals surface area contributed by atoms with E-state index in [0.717, 1.165) is 42.7 Å². The molecule has 5 nitrogen and oxygen atoms in total. The molecule has 0 aliphatic heterocycles. The molecular weight excluding hydrogens is 268 g/mol. The van der Waals surface area contributed by atoms with Crippen LogP contribution in [0.15, 0.2) is 4.52 Å². The zero-order valence-electron chi connectivity index (χ0n) is 13.0. The Kier molecular flexibility index (Phi) is 5.79. The number of aliphatic hydroxyl groups excluding tert-OH is 1. The van der Waals surface area contributed by atoms with Crippen molar-refractivity contribution in [3.05, 3.63) is 17.0 Å². The summed E-state index contributed by atoms with van der Waals surface area (Å²) in [4.78, 5) is 12.2. The average molecular weight is 294 g/mol. The van der Waals surface area contributed by atoms with Gasteiger partial charge in [-0.15, -0.1) is 0 Å². The SMILES string of the molecule is Cc1noc(C)c1CCC(=O)NC1CCCCCC1CO. The third-order valence-corrected chi connectivity index (χ3v) is 4.52. The predicted molar refractivity (Wildman–Crippen MR) is 79.9 cm³/mol. The van der Waals surface area contributed by atoms with E-state index in [0.29, 0.717) is 12.8 Å². The molecule has 0 bridgehead atoms. The second-order valence-electron chi connectivity index (χ2n) is 6.06. The molecule has 2 atom stereocenters. The number of hydrogen-bond acceptors (Lipinski definition) is 4. The highest BCUT2D eigenvalue weighted by atomic mass is 16.5. The standard InChI is InChI=1S/C16H26N2O3/c1-11-14(12(2)21-18-11)8-9-16(20)17-15-7-5-3-4-6-13(15)10-19/h13,15,19H,3-10H2,1-2H3,(H,17,20). The quantitative estimate of drug-likeness (QED) is 0.817. The molecule has 1 aromatic rings. The number of aliphatic hydroxyl groups is 1. The van der Waals surface area contributed by atoms with Crippen LogP contribution < -0.4 is 5.32 Å². The van der Waals surface area contributed by atoms with E-state index in [1.807, 2.05) is 13.8 Å². The topological polar surface area (TPSA) is 75.4 Å². The van der Waals surface area contributed by atoms with Crippen LogP contribution >= 0.6 is 0 Å². The largest absolute Gasteiger partial charge is 0.396 e. The van der Waals surface area contributed by atoms with Crippen molar-refractivity contribution in [2.45, 2.75) is 64.8 Å². The molecule has 5 heteroatoms. The van der Waals surface area contributed by atoms with Crippen molar-refractivity contribution in [3.8, 4) is 0 Å². The first kappa shape index (κ1) is 16.0. The van der Waals surface area contributed by atoms with E-state index in [9.17, 15) is 9.90 Å². The summed E-state index contributed by atoms with van der Waals surface area (Å²) in [6.07, 6.45) is 6.55. The second kappa shape index (κ2) is 7.59. The molecule has 21 heavy (non-hydrogen) atoms. The first-order chi connectivity index (χ1) is 10.1. The Morgan fingerprint density at radius 1 is 1.33 bits per heavy atom. The Morgan fingerprint density at radius 3 is 2.76 bits per heavy atom. The maximum absolute atomic E-state index is 12.2. The summed E-state index contributed by atoms with van der Waals surface area (Å²) in [6.45, 7) is 3.94. The predicted octanol–water partition coefficient (Wildman–Crippen LogP) is 2.28. The molecule has 2 rings (SSSR count). The van der Waals surface area contributed by atoms with Crippen molar-refractivity contribution >= 4 is 5.91 Å².